The minimum atomic E-state index is -1.01. The fourth-order valence-electron chi connectivity index (χ4n) is 3.12. The van der Waals surface area contributed by atoms with Gasteiger partial charge in [-0.3, -0.25) is 15.0 Å². The molecule has 0 aliphatic carbocycles. The lowest BCUT2D eigenvalue weighted by Gasteiger charge is -2.15. The molecular formula is C19H14ClN3O4. The maximum Gasteiger partial charge on any atom is 0.355 e. The summed E-state index contributed by atoms with van der Waals surface area (Å²) in [5.41, 5.74) is 3.65. The van der Waals surface area contributed by atoms with Crippen molar-refractivity contribution >= 4 is 40.8 Å². The third-order valence-corrected chi connectivity index (χ3v) is 4.65. The highest BCUT2D eigenvalue weighted by Gasteiger charge is 2.55. The van der Waals surface area contributed by atoms with Crippen LogP contribution in [0.15, 0.2) is 59.7 Å². The number of nitrogens with one attached hydrogen (secondary N) is 1. The normalized spacial score (nSPS) is 20.9. The standard InChI is InChI=1S/C19H14ClN3O4/c20-12-7-4-8-13(9-12)23-17(24)14-15(18(23)25)21-22-16(14)19(26)27-10-11-5-2-1-3-6-11/h1-9,14-15,21H,10H2/t14-,15-/m1/s1. The van der Waals surface area contributed by atoms with Crippen molar-refractivity contribution in [3.05, 3.63) is 65.2 Å². The second-order valence-electron chi connectivity index (χ2n) is 6.13. The van der Waals surface area contributed by atoms with Crippen LogP contribution in [0.1, 0.15) is 5.56 Å². The maximum absolute atomic E-state index is 12.8. The molecule has 2 aliphatic heterocycles. The van der Waals surface area contributed by atoms with Crippen molar-refractivity contribution < 1.29 is 19.1 Å². The minimum absolute atomic E-state index is 0.0518. The summed E-state index contributed by atoms with van der Waals surface area (Å²) in [5.74, 6) is -2.76. The van der Waals surface area contributed by atoms with Crippen LogP contribution in [-0.4, -0.2) is 29.5 Å². The van der Waals surface area contributed by atoms with Gasteiger partial charge in [-0.2, -0.15) is 5.10 Å². The summed E-state index contributed by atoms with van der Waals surface area (Å²) in [6.45, 7) is 0.0518. The van der Waals surface area contributed by atoms with Crippen LogP contribution >= 0.6 is 11.6 Å². The number of esters is 1. The lowest BCUT2D eigenvalue weighted by molar-refractivity contribution is -0.137. The molecule has 0 aromatic heterocycles. The van der Waals surface area contributed by atoms with E-state index < -0.39 is 29.7 Å². The van der Waals surface area contributed by atoms with E-state index >= 15 is 0 Å². The van der Waals surface area contributed by atoms with Crippen LogP contribution in [0, 0.1) is 5.92 Å². The molecule has 2 aromatic carbocycles. The van der Waals surface area contributed by atoms with Gasteiger partial charge in [0.2, 0.25) is 5.91 Å². The average molecular weight is 384 g/mol. The Morgan fingerprint density at radius 2 is 1.89 bits per heavy atom. The van der Waals surface area contributed by atoms with E-state index in [2.05, 4.69) is 10.5 Å². The van der Waals surface area contributed by atoms with Crippen molar-refractivity contribution in [3.8, 4) is 0 Å². The number of hydrogen-bond donors (Lipinski definition) is 1. The third-order valence-electron chi connectivity index (χ3n) is 4.41. The number of hydrazone groups is 1. The Bertz CT molecular complexity index is 960. The van der Waals surface area contributed by atoms with Crippen LogP contribution in [-0.2, 0) is 25.7 Å². The van der Waals surface area contributed by atoms with E-state index in [0.29, 0.717) is 10.7 Å². The van der Waals surface area contributed by atoms with Gasteiger partial charge in [-0.15, -0.1) is 0 Å². The van der Waals surface area contributed by atoms with E-state index in [0.717, 1.165) is 10.5 Å². The van der Waals surface area contributed by atoms with Gasteiger partial charge in [-0.1, -0.05) is 48.0 Å². The van der Waals surface area contributed by atoms with E-state index in [-0.39, 0.29) is 12.3 Å². The zero-order valence-electron chi connectivity index (χ0n) is 14.0. The van der Waals surface area contributed by atoms with Crippen LogP contribution in [0.4, 0.5) is 5.69 Å². The molecule has 0 bridgehead atoms. The molecule has 136 valence electrons. The molecule has 0 saturated carbocycles. The van der Waals surface area contributed by atoms with Gasteiger partial charge in [0.25, 0.3) is 5.91 Å². The number of imide groups is 1. The van der Waals surface area contributed by atoms with Crippen molar-refractivity contribution in [3.63, 3.8) is 0 Å². The number of ether oxygens (including phenoxy) is 1. The van der Waals surface area contributed by atoms with E-state index in [4.69, 9.17) is 16.3 Å². The minimum Gasteiger partial charge on any atom is -0.456 e. The predicted molar refractivity (Wildman–Crippen MR) is 98.0 cm³/mol. The summed E-state index contributed by atoms with van der Waals surface area (Å²) >= 11 is 5.96. The summed E-state index contributed by atoms with van der Waals surface area (Å²) in [6.07, 6.45) is 0. The van der Waals surface area contributed by atoms with Crippen LogP contribution in [0.25, 0.3) is 0 Å². The van der Waals surface area contributed by atoms with Gasteiger partial charge in [-0.25, -0.2) is 9.69 Å². The Hall–Kier alpha value is -3.19. The molecule has 2 aromatic rings. The monoisotopic (exact) mass is 383 g/mol. The first-order valence-electron chi connectivity index (χ1n) is 8.24. The second kappa shape index (κ2) is 6.85. The number of rotatable bonds is 4. The molecule has 0 unspecified atom stereocenters. The van der Waals surface area contributed by atoms with Crippen molar-refractivity contribution in [1.29, 1.82) is 0 Å². The zero-order chi connectivity index (χ0) is 19.0. The first-order valence-corrected chi connectivity index (χ1v) is 8.61. The van der Waals surface area contributed by atoms with Crippen molar-refractivity contribution in [2.75, 3.05) is 4.90 Å². The predicted octanol–water partition coefficient (Wildman–Crippen LogP) is 1.90. The third kappa shape index (κ3) is 3.06. The molecule has 4 rings (SSSR count). The van der Waals surface area contributed by atoms with Crippen molar-refractivity contribution in [1.82, 2.24) is 5.43 Å². The molecule has 2 atom stereocenters. The first-order chi connectivity index (χ1) is 13.1. The molecule has 8 heteroatoms. The fourth-order valence-corrected chi connectivity index (χ4v) is 3.31. The molecule has 2 amide bonds. The molecule has 2 heterocycles. The fraction of sp³-hybridized carbons (Fsp3) is 0.158. The number of fused-ring (bicyclic) bond motifs is 1. The van der Waals surface area contributed by atoms with Gasteiger partial charge in [0.15, 0.2) is 5.71 Å². The Labute approximate surface area is 159 Å². The van der Waals surface area contributed by atoms with Gasteiger partial charge < -0.3 is 4.74 Å². The van der Waals surface area contributed by atoms with Crippen LogP contribution in [0.3, 0.4) is 0 Å². The van der Waals surface area contributed by atoms with E-state index in [1.54, 1.807) is 18.2 Å². The maximum atomic E-state index is 12.8. The Balaban J connectivity index is 1.52. The topological polar surface area (TPSA) is 88.1 Å². The Kier molecular flexibility index (Phi) is 4.37. The smallest absolute Gasteiger partial charge is 0.355 e. The average Bonchev–Trinajstić information content (AvgIpc) is 3.21. The molecule has 1 fully saturated rings. The highest BCUT2D eigenvalue weighted by Crippen LogP contribution is 2.32. The van der Waals surface area contributed by atoms with Gasteiger partial charge in [-0.05, 0) is 23.8 Å². The lowest BCUT2D eigenvalue weighted by atomic mass is 9.99. The number of anilines is 1. The molecule has 0 radical (unpaired) electrons. The summed E-state index contributed by atoms with van der Waals surface area (Å²) in [6, 6.07) is 14.6. The quantitative estimate of drug-likeness (QED) is 0.643. The summed E-state index contributed by atoms with van der Waals surface area (Å²) in [4.78, 5) is 38.9. The van der Waals surface area contributed by atoms with Gasteiger partial charge in [0.05, 0.1) is 5.69 Å². The van der Waals surface area contributed by atoms with Gasteiger partial charge >= 0.3 is 5.97 Å². The lowest BCUT2D eigenvalue weighted by Crippen LogP contribution is -2.36. The first kappa shape index (κ1) is 17.2. The largest absolute Gasteiger partial charge is 0.456 e. The van der Waals surface area contributed by atoms with Crippen molar-refractivity contribution in [2.45, 2.75) is 12.6 Å². The summed E-state index contributed by atoms with van der Waals surface area (Å²) < 4.78 is 5.25. The van der Waals surface area contributed by atoms with Crippen LogP contribution in [0.5, 0.6) is 0 Å². The number of carbonyl (C=O) groups excluding carboxylic acids is 3. The second-order valence-corrected chi connectivity index (χ2v) is 6.57. The number of carbonyl (C=O) groups is 3. The van der Waals surface area contributed by atoms with Gasteiger partial charge in [0.1, 0.15) is 18.6 Å². The van der Waals surface area contributed by atoms with Crippen LogP contribution < -0.4 is 10.3 Å². The van der Waals surface area contributed by atoms with Crippen molar-refractivity contribution in [2.24, 2.45) is 11.0 Å². The number of halogens is 1. The molecule has 7 nitrogen and oxygen atoms in total. The summed E-state index contributed by atoms with van der Waals surface area (Å²) in [5, 5.41) is 4.27. The molecule has 27 heavy (non-hydrogen) atoms. The Morgan fingerprint density at radius 3 is 2.63 bits per heavy atom. The number of amides is 2. The number of benzene rings is 2. The van der Waals surface area contributed by atoms with Crippen LogP contribution in [0.2, 0.25) is 5.02 Å². The number of hydrogen-bond acceptors (Lipinski definition) is 6. The SMILES string of the molecule is O=C(OCc1ccccc1)C1=NN[C@H]2C(=O)N(c3cccc(Cl)c3)C(=O)[C@@H]12. The van der Waals surface area contributed by atoms with E-state index in [1.165, 1.54) is 6.07 Å². The highest BCUT2D eigenvalue weighted by molar-refractivity contribution is 6.46. The molecule has 0 spiro atoms. The number of nitrogens with zero attached hydrogens (tertiary/aromatic N) is 2. The summed E-state index contributed by atoms with van der Waals surface area (Å²) in [7, 11) is 0. The zero-order valence-corrected chi connectivity index (χ0v) is 14.7. The molecule has 1 N–H and O–H groups in total. The molecular weight excluding hydrogens is 370 g/mol. The molecule has 2 aliphatic rings. The van der Waals surface area contributed by atoms with E-state index in [9.17, 15) is 14.4 Å². The highest BCUT2D eigenvalue weighted by atomic mass is 35.5. The van der Waals surface area contributed by atoms with Gasteiger partial charge in [0, 0.05) is 5.02 Å². The van der Waals surface area contributed by atoms with E-state index in [1.807, 2.05) is 30.3 Å². The molecule has 1 saturated heterocycles. The Morgan fingerprint density at radius 1 is 1.11 bits per heavy atom.